The molecule has 13 radical (unpaired) electrons. The fraction of sp³-hybridized carbons (Fsp3) is 0. The van der Waals surface area contributed by atoms with Crippen LogP contribution in [0.3, 0.4) is 0 Å². The molecule has 0 saturated heterocycles. The smallest absolute Gasteiger partial charge is 2.00 e. The van der Waals surface area contributed by atoms with E-state index in [1.54, 1.807) is 0 Å². The van der Waals surface area contributed by atoms with Gasteiger partial charge in [-0.15, -0.1) is 0 Å². The van der Waals surface area contributed by atoms with Gasteiger partial charge in [-0.2, -0.15) is 0 Å². The Bertz CT molecular complexity index is 15.5. The summed E-state index contributed by atoms with van der Waals surface area (Å²) in [6.07, 6.45) is 0. The largest absolute Gasteiger partial charge is 2.00 e. The van der Waals surface area contributed by atoms with Crippen LogP contribution in [0.15, 0.2) is 0 Å². The Balaban J connectivity index is 0. The van der Waals surface area contributed by atoms with Gasteiger partial charge in [0.1, 0.15) is 0 Å². The second-order valence-corrected chi connectivity index (χ2v) is 0. The van der Waals surface area contributed by atoms with E-state index in [0.29, 0.717) is 0 Å². The minimum Gasteiger partial charge on any atom is -2.00 e. The fourth-order valence-electron chi connectivity index (χ4n) is 0. The molecule has 0 aliphatic carbocycles. The first-order valence-electron chi connectivity index (χ1n) is 0. The molecule has 0 aromatic rings. The topological polar surface area (TPSA) is 28.5 Å². The molecule has 0 bridgehead atoms. The van der Waals surface area contributed by atoms with Crippen LogP contribution in [0, 0.1) is 0 Å². The zero-order valence-corrected chi connectivity index (χ0v) is 18.5. The zero-order valence-electron chi connectivity index (χ0n) is 3.19. The third-order valence-corrected chi connectivity index (χ3v) is 0. The van der Waals surface area contributed by atoms with Crippen molar-refractivity contribution < 1.29 is 32.8 Å². The molecule has 0 N–H and O–H groups in total. The second-order valence-electron chi connectivity index (χ2n) is 0. The van der Waals surface area contributed by atoms with E-state index in [4.69, 9.17) is 0 Å². The molecular weight excluding hydrogens is 597 g/mol. The van der Waals surface area contributed by atoms with Crippen LogP contribution in [0.4, 0.5) is 0 Å². The zero-order chi connectivity index (χ0) is 0. The summed E-state index contributed by atoms with van der Waals surface area (Å²) in [5.74, 6) is 0. The van der Waals surface area contributed by atoms with Crippen molar-refractivity contribution in [2.24, 2.45) is 0 Å². The van der Waals surface area contributed by atoms with Gasteiger partial charge in [-0.1, -0.05) is 0 Å². The molecule has 23 valence electrons. The summed E-state index contributed by atoms with van der Waals surface area (Å²) in [6, 6.07) is 0. The molecule has 0 aromatic heterocycles. The summed E-state index contributed by atoms with van der Waals surface area (Å²) < 4.78 is 0. The van der Waals surface area contributed by atoms with Crippen LogP contribution < -0.4 is 0 Å². The first kappa shape index (κ1) is 52.7. The van der Waals surface area contributed by atoms with Crippen LogP contribution in [0.1, 0.15) is 0 Å². The van der Waals surface area contributed by atoms with E-state index in [1.165, 1.54) is 0 Å². The molecule has 0 atom stereocenters. The van der Waals surface area contributed by atoms with Gasteiger partial charge in [-0.3, -0.25) is 0 Å². The van der Waals surface area contributed by atoms with Crippen LogP contribution >= 0.6 is 0 Å². The van der Waals surface area contributed by atoms with Crippen molar-refractivity contribution in [1.29, 1.82) is 0 Å². The molecule has 0 aromatic carbocycles. The Morgan fingerprint density at radius 1 is 1.00 bits per heavy atom. The van der Waals surface area contributed by atoms with Crippen LogP contribution in [0.5, 0.6) is 0 Å². The van der Waals surface area contributed by atoms with E-state index in [2.05, 4.69) is 0 Å². The van der Waals surface area contributed by atoms with E-state index >= 15 is 0 Å². The van der Waals surface area contributed by atoms with Gasteiger partial charge in [-0.05, 0) is 0 Å². The van der Waals surface area contributed by atoms with Crippen molar-refractivity contribution in [3.8, 4) is 0 Å². The maximum atomic E-state index is 0. The first-order valence-corrected chi connectivity index (χ1v) is 0. The van der Waals surface area contributed by atoms with Crippen molar-refractivity contribution in [2.45, 2.75) is 0 Å². The molecule has 0 aliphatic heterocycles. The molecular formula is CdGaGeOPbSn. The monoisotopic (exact) mass is 601 g/mol. The average molecular weight is 597 g/mol. The van der Waals surface area contributed by atoms with Gasteiger partial charge in [0, 0.05) is 88.6 Å². The minimum absolute atomic E-state index is 0. The Morgan fingerprint density at radius 3 is 1.00 bits per heavy atom. The summed E-state index contributed by atoms with van der Waals surface area (Å²) in [5.41, 5.74) is 0. The molecule has 0 amide bonds. The molecule has 0 rings (SSSR count). The van der Waals surface area contributed by atoms with Crippen molar-refractivity contribution >= 4 is 88.6 Å². The van der Waals surface area contributed by atoms with Gasteiger partial charge in [0.05, 0.1) is 0 Å². The van der Waals surface area contributed by atoms with Gasteiger partial charge in [0.2, 0.25) is 0 Å². The molecule has 0 heterocycles. The second kappa shape index (κ2) is 37.2. The van der Waals surface area contributed by atoms with Crippen molar-refractivity contribution in [3.63, 3.8) is 0 Å². The van der Waals surface area contributed by atoms with E-state index in [0.717, 1.165) is 0 Å². The fourth-order valence-corrected chi connectivity index (χ4v) is 0. The van der Waals surface area contributed by atoms with Crippen LogP contribution in [0.2, 0.25) is 0 Å². The van der Waals surface area contributed by atoms with E-state index in [1.807, 2.05) is 0 Å². The van der Waals surface area contributed by atoms with Gasteiger partial charge >= 0.3 is 27.3 Å². The van der Waals surface area contributed by atoms with Gasteiger partial charge in [-0.25, -0.2) is 0 Å². The maximum absolute atomic E-state index is 0. The third-order valence-electron chi connectivity index (χ3n) is 0. The van der Waals surface area contributed by atoms with E-state index in [-0.39, 0.29) is 121 Å². The predicted octanol–water partition coefficient (Wildman–Crippen LogP) is -1.64. The van der Waals surface area contributed by atoms with Gasteiger partial charge in [0.25, 0.3) is 0 Å². The number of rotatable bonds is 0. The van der Waals surface area contributed by atoms with Crippen LogP contribution in [0.25, 0.3) is 0 Å². The Morgan fingerprint density at radius 2 is 1.00 bits per heavy atom. The standard InChI is InChI=1S/Cd.Ga.Ge.O.Pb.Sn/q;;;-2;+2;. The molecule has 0 unspecified atom stereocenters. The number of hydrogen-bond acceptors (Lipinski definition) is 0. The molecule has 0 aliphatic rings. The summed E-state index contributed by atoms with van der Waals surface area (Å²) in [4.78, 5) is 0. The Hall–Kier alpha value is 3.78. The predicted molar refractivity (Wildman–Crippen MR) is 23.7 cm³/mol. The summed E-state index contributed by atoms with van der Waals surface area (Å²) >= 11 is 0. The van der Waals surface area contributed by atoms with E-state index < -0.39 is 0 Å². The maximum Gasteiger partial charge on any atom is 2.00 e. The molecule has 0 saturated carbocycles. The van der Waals surface area contributed by atoms with Crippen molar-refractivity contribution in [3.05, 3.63) is 0 Å². The molecule has 0 spiro atoms. The Kier molecular flexibility index (Phi) is 327. The normalized spacial score (nSPS) is 0. The number of hydrogen-bond donors (Lipinski definition) is 0. The molecule has 0 fully saturated rings. The molecule has 1 nitrogen and oxygen atoms in total. The van der Waals surface area contributed by atoms with Crippen molar-refractivity contribution in [1.82, 2.24) is 0 Å². The molecule has 6 heavy (non-hydrogen) atoms. The minimum atomic E-state index is 0. The summed E-state index contributed by atoms with van der Waals surface area (Å²) in [5, 5.41) is 0. The van der Waals surface area contributed by atoms with Crippen molar-refractivity contribution in [2.75, 3.05) is 0 Å². The average Bonchev–Trinajstić information content (AvgIpc) is 0. The summed E-state index contributed by atoms with van der Waals surface area (Å²) in [6.45, 7) is 0. The quantitative estimate of drug-likeness (QED) is 0.301. The third kappa shape index (κ3) is 25.0. The SMILES string of the molecule is [Cd].[Ga].[Ge].[O-2].[Pb+2].[Sn]. The first-order chi connectivity index (χ1) is 0. The van der Waals surface area contributed by atoms with Gasteiger partial charge < -0.3 is 5.48 Å². The van der Waals surface area contributed by atoms with E-state index in [9.17, 15) is 0 Å². The van der Waals surface area contributed by atoms with Crippen LogP contribution in [-0.2, 0) is 32.8 Å². The van der Waals surface area contributed by atoms with Gasteiger partial charge in [0.15, 0.2) is 0 Å². The van der Waals surface area contributed by atoms with Crippen LogP contribution in [-0.4, -0.2) is 88.6 Å². The Labute approximate surface area is 119 Å². The summed E-state index contributed by atoms with van der Waals surface area (Å²) in [7, 11) is 0. The molecule has 6 heteroatoms.